The number of nitrogens with one attached hydrogen (secondary N) is 2. The summed E-state index contributed by atoms with van der Waals surface area (Å²) in [6, 6.07) is 0.499. The van der Waals surface area contributed by atoms with Crippen LogP contribution in [0.5, 0.6) is 5.88 Å². The van der Waals surface area contributed by atoms with Crippen LogP contribution in [-0.4, -0.2) is 46.4 Å². The molecule has 2 saturated heterocycles. The first-order valence-corrected chi connectivity index (χ1v) is 8.54. The molecule has 6 heteroatoms. The molecule has 0 bridgehead atoms. The van der Waals surface area contributed by atoms with Crippen molar-refractivity contribution in [2.45, 2.75) is 57.3 Å². The number of hydrogen-bond donors (Lipinski definition) is 2. The zero-order chi connectivity index (χ0) is 15.8. The van der Waals surface area contributed by atoms with E-state index in [1.165, 1.54) is 5.56 Å². The number of ether oxygens (including phenoxy) is 2. The SMILES string of the molecule is CC1CC(c2c[nH]c3ncnc(O[C@H]4CN[C@@H](C)C4)c23)CCO1. The molecule has 4 heterocycles. The minimum atomic E-state index is 0.180. The molecule has 2 aromatic rings. The van der Waals surface area contributed by atoms with E-state index in [1.54, 1.807) is 6.33 Å². The van der Waals surface area contributed by atoms with Crippen LogP contribution < -0.4 is 10.1 Å². The van der Waals surface area contributed by atoms with Crippen molar-refractivity contribution in [1.82, 2.24) is 20.3 Å². The second-order valence-electron chi connectivity index (χ2n) is 6.83. The van der Waals surface area contributed by atoms with Gasteiger partial charge >= 0.3 is 0 Å². The van der Waals surface area contributed by atoms with Crippen molar-refractivity contribution in [2.24, 2.45) is 0 Å². The minimum Gasteiger partial charge on any atom is -0.472 e. The molecule has 2 aliphatic heterocycles. The van der Waals surface area contributed by atoms with E-state index in [0.29, 0.717) is 23.9 Å². The van der Waals surface area contributed by atoms with E-state index < -0.39 is 0 Å². The molecule has 2 aliphatic rings. The zero-order valence-electron chi connectivity index (χ0n) is 13.7. The molecule has 23 heavy (non-hydrogen) atoms. The second kappa shape index (κ2) is 6.09. The lowest BCUT2D eigenvalue weighted by Gasteiger charge is -2.27. The molecule has 2 unspecified atom stereocenters. The van der Waals surface area contributed by atoms with Crippen molar-refractivity contribution < 1.29 is 9.47 Å². The Morgan fingerprint density at radius 3 is 2.96 bits per heavy atom. The third-order valence-electron chi connectivity index (χ3n) is 4.98. The van der Waals surface area contributed by atoms with Crippen LogP contribution >= 0.6 is 0 Å². The van der Waals surface area contributed by atoms with E-state index >= 15 is 0 Å². The van der Waals surface area contributed by atoms with Crippen molar-refractivity contribution in [3.8, 4) is 5.88 Å². The van der Waals surface area contributed by atoms with Gasteiger partial charge in [-0.2, -0.15) is 0 Å². The van der Waals surface area contributed by atoms with Crippen LogP contribution in [0.1, 0.15) is 44.6 Å². The van der Waals surface area contributed by atoms with Crippen LogP contribution in [0.15, 0.2) is 12.5 Å². The fourth-order valence-electron chi connectivity index (χ4n) is 3.79. The van der Waals surface area contributed by atoms with Crippen LogP contribution in [0.3, 0.4) is 0 Å². The van der Waals surface area contributed by atoms with Gasteiger partial charge in [-0.25, -0.2) is 9.97 Å². The van der Waals surface area contributed by atoms with Crippen molar-refractivity contribution in [3.05, 3.63) is 18.1 Å². The highest BCUT2D eigenvalue weighted by atomic mass is 16.5. The van der Waals surface area contributed by atoms with Crippen molar-refractivity contribution in [1.29, 1.82) is 0 Å². The monoisotopic (exact) mass is 316 g/mol. The summed E-state index contributed by atoms with van der Waals surface area (Å²) in [5.74, 6) is 1.19. The predicted octanol–water partition coefficient (Wildman–Crippen LogP) is 2.37. The van der Waals surface area contributed by atoms with Gasteiger partial charge in [-0.1, -0.05) is 0 Å². The first-order chi connectivity index (χ1) is 11.2. The molecule has 2 fully saturated rings. The molecular formula is C17H24N4O2. The van der Waals surface area contributed by atoms with Gasteiger partial charge in [0.2, 0.25) is 5.88 Å². The van der Waals surface area contributed by atoms with Gasteiger partial charge in [0.05, 0.1) is 11.5 Å². The van der Waals surface area contributed by atoms with Gasteiger partial charge < -0.3 is 19.8 Å². The quantitative estimate of drug-likeness (QED) is 0.909. The fraction of sp³-hybridized carbons (Fsp3) is 0.647. The maximum atomic E-state index is 6.21. The summed E-state index contributed by atoms with van der Waals surface area (Å²) >= 11 is 0. The van der Waals surface area contributed by atoms with E-state index in [4.69, 9.17) is 9.47 Å². The molecule has 2 aromatic heterocycles. The van der Waals surface area contributed by atoms with Crippen LogP contribution in [0.2, 0.25) is 0 Å². The Morgan fingerprint density at radius 1 is 1.26 bits per heavy atom. The largest absolute Gasteiger partial charge is 0.472 e. The highest BCUT2D eigenvalue weighted by Crippen LogP contribution is 2.37. The van der Waals surface area contributed by atoms with Gasteiger partial charge in [0, 0.05) is 31.8 Å². The average Bonchev–Trinajstić information content (AvgIpc) is 3.14. The van der Waals surface area contributed by atoms with E-state index in [0.717, 1.165) is 43.4 Å². The number of hydrogen-bond acceptors (Lipinski definition) is 5. The normalized spacial score (nSPS) is 31.6. The molecule has 0 aromatic carbocycles. The number of aromatic nitrogens is 3. The second-order valence-corrected chi connectivity index (χ2v) is 6.83. The zero-order valence-corrected chi connectivity index (χ0v) is 13.7. The highest BCUT2D eigenvalue weighted by molar-refractivity contribution is 5.85. The lowest BCUT2D eigenvalue weighted by molar-refractivity contribution is 0.0188. The van der Waals surface area contributed by atoms with Crippen molar-refractivity contribution >= 4 is 11.0 Å². The van der Waals surface area contributed by atoms with E-state index in [1.807, 2.05) is 0 Å². The predicted molar refractivity (Wildman–Crippen MR) is 87.8 cm³/mol. The molecule has 6 nitrogen and oxygen atoms in total. The molecule has 4 atom stereocenters. The Labute approximate surface area is 136 Å². The molecular weight excluding hydrogens is 292 g/mol. The van der Waals surface area contributed by atoms with E-state index in [2.05, 4.69) is 40.3 Å². The molecule has 124 valence electrons. The van der Waals surface area contributed by atoms with Crippen LogP contribution in [0.4, 0.5) is 0 Å². The van der Waals surface area contributed by atoms with Crippen LogP contribution in [0.25, 0.3) is 11.0 Å². The minimum absolute atomic E-state index is 0.180. The average molecular weight is 316 g/mol. The van der Waals surface area contributed by atoms with Crippen LogP contribution in [0, 0.1) is 0 Å². The first-order valence-electron chi connectivity index (χ1n) is 8.54. The smallest absolute Gasteiger partial charge is 0.226 e. The standard InChI is InChI=1S/C17H24N4O2/c1-10-5-13(7-18-10)23-17-15-14(8-19-16(15)20-9-21-17)12-3-4-22-11(2)6-12/h8-13,18H,3-7H2,1-2H3,(H,19,20,21)/t10-,11?,12?,13+/m0/s1. The van der Waals surface area contributed by atoms with Gasteiger partial charge in [0.1, 0.15) is 18.1 Å². The Bertz CT molecular complexity index is 686. The lowest BCUT2D eigenvalue weighted by atomic mass is 9.89. The summed E-state index contributed by atoms with van der Waals surface area (Å²) in [7, 11) is 0. The molecule has 0 aliphatic carbocycles. The van der Waals surface area contributed by atoms with Gasteiger partial charge in [-0.3, -0.25) is 0 Å². The molecule has 0 amide bonds. The molecule has 0 radical (unpaired) electrons. The summed E-state index contributed by atoms with van der Waals surface area (Å²) < 4.78 is 11.9. The van der Waals surface area contributed by atoms with E-state index in [9.17, 15) is 0 Å². The lowest BCUT2D eigenvalue weighted by Crippen LogP contribution is -2.22. The molecule has 4 rings (SSSR count). The molecule has 0 spiro atoms. The molecule has 2 N–H and O–H groups in total. The van der Waals surface area contributed by atoms with Crippen molar-refractivity contribution in [2.75, 3.05) is 13.2 Å². The highest BCUT2D eigenvalue weighted by Gasteiger charge is 2.27. The van der Waals surface area contributed by atoms with E-state index in [-0.39, 0.29) is 6.10 Å². The first kappa shape index (κ1) is 14.9. The summed E-state index contributed by atoms with van der Waals surface area (Å²) in [4.78, 5) is 12.1. The third kappa shape index (κ3) is 2.93. The summed E-state index contributed by atoms with van der Waals surface area (Å²) in [5.41, 5.74) is 2.13. The third-order valence-corrected chi connectivity index (χ3v) is 4.98. The van der Waals surface area contributed by atoms with Gasteiger partial charge in [-0.05, 0) is 38.2 Å². The van der Waals surface area contributed by atoms with Gasteiger partial charge in [-0.15, -0.1) is 0 Å². The van der Waals surface area contributed by atoms with Crippen molar-refractivity contribution in [3.63, 3.8) is 0 Å². The number of aromatic amines is 1. The number of fused-ring (bicyclic) bond motifs is 1. The van der Waals surface area contributed by atoms with Gasteiger partial charge in [0.25, 0.3) is 0 Å². The number of rotatable bonds is 3. The Kier molecular flexibility index (Phi) is 3.95. The van der Waals surface area contributed by atoms with Crippen LogP contribution in [-0.2, 0) is 4.74 Å². The number of nitrogens with zero attached hydrogens (tertiary/aromatic N) is 2. The summed E-state index contributed by atoms with van der Waals surface area (Å²) in [5, 5.41) is 4.47. The number of H-pyrrole nitrogens is 1. The maximum absolute atomic E-state index is 6.21. The topological polar surface area (TPSA) is 72.1 Å². The summed E-state index contributed by atoms with van der Waals surface area (Å²) in [6.07, 6.45) is 7.21. The maximum Gasteiger partial charge on any atom is 0.226 e. The summed E-state index contributed by atoms with van der Waals surface area (Å²) in [6.45, 7) is 6.01. The Morgan fingerprint density at radius 2 is 2.17 bits per heavy atom. The molecule has 0 saturated carbocycles. The fourth-order valence-corrected chi connectivity index (χ4v) is 3.79. The van der Waals surface area contributed by atoms with Gasteiger partial charge in [0.15, 0.2) is 0 Å². The Hall–Kier alpha value is -1.66. The Balaban J connectivity index is 1.66.